The van der Waals surface area contributed by atoms with E-state index in [0.29, 0.717) is 19.0 Å². The number of piperazine rings is 1. The molecule has 2 atom stereocenters. The van der Waals surface area contributed by atoms with Gasteiger partial charge < -0.3 is 4.90 Å². The predicted molar refractivity (Wildman–Crippen MR) is 98.8 cm³/mol. The molecule has 2 aliphatic heterocycles. The van der Waals surface area contributed by atoms with Crippen molar-refractivity contribution in [1.82, 2.24) is 14.1 Å². The second-order valence-electron chi connectivity index (χ2n) is 8.11. The lowest BCUT2D eigenvalue weighted by Crippen LogP contribution is -2.64. The molecule has 0 radical (unpaired) electrons. The van der Waals surface area contributed by atoms with Crippen LogP contribution in [0.2, 0.25) is 0 Å². The summed E-state index contributed by atoms with van der Waals surface area (Å²) in [6, 6.07) is 0.369. The highest BCUT2D eigenvalue weighted by Gasteiger charge is 2.56. The van der Waals surface area contributed by atoms with Crippen molar-refractivity contribution >= 4 is 15.9 Å². The molecule has 0 spiro atoms. The van der Waals surface area contributed by atoms with Gasteiger partial charge in [0.25, 0.3) is 0 Å². The van der Waals surface area contributed by atoms with E-state index < -0.39 is 15.4 Å². The fourth-order valence-corrected chi connectivity index (χ4v) is 7.03. The Morgan fingerprint density at radius 2 is 1.80 bits per heavy atom. The summed E-state index contributed by atoms with van der Waals surface area (Å²) in [6.45, 7) is 10.1. The van der Waals surface area contributed by atoms with Gasteiger partial charge in [0.2, 0.25) is 15.9 Å². The molecular formula is C18H33N3O3S. The molecule has 2 saturated heterocycles. The number of hydrogen-bond donors (Lipinski definition) is 0. The zero-order valence-electron chi connectivity index (χ0n) is 15.9. The quantitative estimate of drug-likeness (QED) is 0.755. The van der Waals surface area contributed by atoms with Gasteiger partial charge in [-0.25, -0.2) is 8.42 Å². The molecule has 3 aliphatic rings. The molecule has 0 aromatic heterocycles. The van der Waals surface area contributed by atoms with Crippen molar-refractivity contribution in [2.24, 2.45) is 5.41 Å². The first-order valence-electron chi connectivity index (χ1n) is 9.85. The Hall–Kier alpha value is -0.660. The van der Waals surface area contributed by atoms with E-state index in [0.717, 1.165) is 51.9 Å². The number of hydrogen-bond acceptors (Lipinski definition) is 4. The molecule has 0 aromatic rings. The topological polar surface area (TPSA) is 60.9 Å². The Kier molecular flexibility index (Phi) is 5.47. The first-order valence-corrected chi connectivity index (χ1v) is 11.5. The van der Waals surface area contributed by atoms with Gasteiger partial charge in [0.15, 0.2) is 0 Å². The van der Waals surface area contributed by atoms with Crippen molar-refractivity contribution in [2.75, 3.05) is 38.5 Å². The summed E-state index contributed by atoms with van der Waals surface area (Å²) in [4.78, 5) is 18.0. The number of rotatable bonds is 3. The van der Waals surface area contributed by atoms with E-state index in [9.17, 15) is 13.2 Å². The number of carbonyl (C=O) groups is 1. The first-order chi connectivity index (χ1) is 11.8. The predicted octanol–water partition coefficient (Wildman–Crippen LogP) is 1.52. The van der Waals surface area contributed by atoms with E-state index in [1.54, 1.807) is 4.31 Å². The summed E-state index contributed by atoms with van der Waals surface area (Å²) in [7, 11) is -3.21. The summed E-state index contributed by atoms with van der Waals surface area (Å²) < 4.78 is 26.7. The third-order valence-electron chi connectivity index (χ3n) is 6.57. The molecule has 0 unspecified atom stereocenters. The van der Waals surface area contributed by atoms with Crippen LogP contribution in [0.3, 0.4) is 0 Å². The minimum Gasteiger partial charge on any atom is -0.340 e. The van der Waals surface area contributed by atoms with Crippen molar-refractivity contribution in [3.63, 3.8) is 0 Å². The summed E-state index contributed by atoms with van der Waals surface area (Å²) in [5, 5.41) is 0. The Morgan fingerprint density at radius 3 is 2.40 bits per heavy atom. The van der Waals surface area contributed by atoms with E-state index >= 15 is 0 Å². The normalized spacial score (nSPS) is 34.1. The highest BCUT2D eigenvalue weighted by Crippen LogP contribution is 2.47. The van der Waals surface area contributed by atoms with Crippen LogP contribution in [0.5, 0.6) is 0 Å². The standard InChI is InChI=1S/C18H33N3O3S/c1-4-21-16-7-5-6-8-18(16,9-14-25(21,23)24)17(22)20-12-10-19(11-13-20)15(2)3/h15-16H,4-14H2,1-3H3/t16-,18-/m1/s1. The zero-order chi connectivity index (χ0) is 18.2. The highest BCUT2D eigenvalue weighted by atomic mass is 32.2. The maximum Gasteiger partial charge on any atom is 0.230 e. The number of nitrogens with zero attached hydrogens (tertiary/aromatic N) is 3. The molecule has 3 fully saturated rings. The van der Waals surface area contributed by atoms with Gasteiger partial charge in [0.1, 0.15) is 0 Å². The SMILES string of the molecule is CCN1[C@@H]2CCCC[C@@]2(C(=O)N2CCN(C(C)C)CC2)CCS1(=O)=O. The molecule has 7 heteroatoms. The fraction of sp³-hybridized carbons (Fsp3) is 0.944. The molecule has 1 aliphatic carbocycles. The van der Waals surface area contributed by atoms with Gasteiger partial charge in [0, 0.05) is 44.8 Å². The molecule has 0 N–H and O–H groups in total. The van der Waals surface area contributed by atoms with Gasteiger partial charge in [-0.3, -0.25) is 9.69 Å². The van der Waals surface area contributed by atoms with Crippen molar-refractivity contribution < 1.29 is 13.2 Å². The van der Waals surface area contributed by atoms with Crippen LogP contribution in [-0.4, -0.2) is 79.0 Å². The van der Waals surface area contributed by atoms with Gasteiger partial charge in [-0.1, -0.05) is 19.8 Å². The second kappa shape index (κ2) is 7.16. The Bertz CT molecular complexity index is 599. The van der Waals surface area contributed by atoms with Crippen LogP contribution < -0.4 is 0 Å². The number of carbonyl (C=O) groups excluding carboxylic acids is 1. The lowest BCUT2D eigenvalue weighted by molar-refractivity contribution is -0.151. The molecule has 2 heterocycles. The Morgan fingerprint density at radius 1 is 1.12 bits per heavy atom. The molecular weight excluding hydrogens is 338 g/mol. The fourth-order valence-electron chi connectivity index (χ4n) is 5.08. The van der Waals surface area contributed by atoms with Gasteiger partial charge in [-0.15, -0.1) is 0 Å². The van der Waals surface area contributed by atoms with Gasteiger partial charge in [0.05, 0.1) is 11.2 Å². The van der Waals surface area contributed by atoms with Crippen LogP contribution in [-0.2, 0) is 14.8 Å². The third kappa shape index (κ3) is 3.35. The lowest BCUT2D eigenvalue weighted by Gasteiger charge is -2.52. The van der Waals surface area contributed by atoms with Crippen LogP contribution in [0.25, 0.3) is 0 Å². The van der Waals surface area contributed by atoms with Crippen molar-refractivity contribution in [2.45, 2.75) is 65.0 Å². The zero-order valence-corrected chi connectivity index (χ0v) is 16.7. The van der Waals surface area contributed by atoms with Crippen LogP contribution in [0.4, 0.5) is 0 Å². The van der Waals surface area contributed by atoms with E-state index in [1.165, 1.54) is 0 Å². The minimum atomic E-state index is -3.21. The van der Waals surface area contributed by atoms with Crippen molar-refractivity contribution in [1.29, 1.82) is 0 Å². The number of amides is 1. The number of sulfonamides is 1. The third-order valence-corrected chi connectivity index (χ3v) is 8.52. The molecule has 1 amide bonds. The molecule has 25 heavy (non-hydrogen) atoms. The van der Waals surface area contributed by atoms with Gasteiger partial charge >= 0.3 is 0 Å². The smallest absolute Gasteiger partial charge is 0.230 e. The summed E-state index contributed by atoms with van der Waals surface area (Å²) in [6.07, 6.45) is 4.22. The van der Waals surface area contributed by atoms with Crippen LogP contribution in [0.1, 0.15) is 52.9 Å². The summed E-state index contributed by atoms with van der Waals surface area (Å²) in [5.74, 6) is 0.337. The largest absolute Gasteiger partial charge is 0.340 e. The van der Waals surface area contributed by atoms with Crippen LogP contribution in [0.15, 0.2) is 0 Å². The Labute approximate surface area is 152 Å². The van der Waals surface area contributed by atoms with Crippen LogP contribution >= 0.6 is 0 Å². The minimum absolute atomic E-state index is 0.120. The molecule has 0 bridgehead atoms. The van der Waals surface area contributed by atoms with Gasteiger partial charge in [-0.2, -0.15) is 4.31 Å². The monoisotopic (exact) mass is 371 g/mol. The lowest BCUT2D eigenvalue weighted by atomic mass is 9.67. The molecule has 0 aromatic carbocycles. The average molecular weight is 372 g/mol. The van der Waals surface area contributed by atoms with E-state index in [4.69, 9.17) is 0 Å². The Balaban J connectivity index is 1.82. The molecule has 1 saturated carbocycles. The maximum absolute atomic E-state index is 13.5. The number of fused-ring (bicyclic) bond motifs is 1. The molecule has 6 nitrogen and oxygen atoms in total. The summed E-state index contributed by atoms with van der Waals surface area (Å²) >= 11 is 0. The maximum atomic E-state index is 13.5. The van der Waals surface area contributed by atoms with Gasteiger partial charge in [-0.05, 0) is 33.1 Å². The summed E-state index contributed by atoms with van der Waals surface area (Å²) in [5.41, 5.74) is -0.487. The molecule has 3 rings (SSSR count). The second-order valence-corrected chi connectivity index (χ2v) is 10.2. The highest BCUT2D eigenvalue weighted by molar-refractivity contribution is 7.89. The van der Waals surface area contributed by atoms with E-state index in [-0.39, 0.29) is 17.7 Å². The van der Waals surface area contributed by atoms with Crippen molar-refractivity contribution in [3.05, 3.63) is 0 Å². The van der Waals surface area contributed by atoms with Crippen molar-refractivity contribution in [3.8, 4) is 0 Å². The van der Waals surface area contributed by atoms with E-state index in [1.807, 2.05) is 11.8 Å². The first kappa shape index (κ1) is 19.1. The molecule has 144 valence electrons. The van der Waals surface area contributed by atoms with Crippen LogP contribution in [0, 0.1) is 5.41 Å². The van der Waals surface area contributed by atoms with E-state index in [2.05, 4.69) is 18.7 Å². The average Bonchev–Trinajstić information content (AvgIpc) is 2.60.